The predicted octanol–water partition coefficient (Wildman–Crippen LogP) is 9.49. The fourth-order valence-corrected chi connectivity index (χ4v) is 5.77. The van der Waals surface area contributed by atoms with E-state index in [1.165, 1.54) is 82.8 Å². The van der Waals surface area contributed by atoms with Crippen LogP contribution in [0.5, 0.6) is 0 Å². The van der Waals surface area contributed by atoms with Crippen molar-refractivity contribution in [2.75, 3.05) is 6.54 Å². The molecule has 3 rings (SSSR count). The average molecular weight is 601 g/mol. The van der Waals surface area contributed by atoms with E-state index in [2.05, 4.69) is 22.9 Å². The number of unbranched alkanes of at least 4 members (excludes halogenated alkanes) is 13. The third-order valence-electron chi connectivity index (χ3n) is 7.58. The molecule has 0 unspecified atom stereocenters. The molecule has 1 aliphatic heterocycles. The van der Waals surface area contributed by atoms with Gasteiger partial charge in [0, 0.05) is 16.6 Å². The number of likely N-dealkylation sites (tertiary alicyclic amines) is 1. The summed E-state index contributed by atoms with van der Waals surface area (Å²) in [6.07, 6.45) is 17.3. The van der Waals surface area contributed by atoms with Crippen molar-refractivity contribution in [2.45, 2.75) is 103 Å². The van der Waals surface area contributed by atoms with Crippen LogP contribution in [-0.4, -0.2) is 28.2 Å². The number of ketones is 1. The Kier molecular flexibility index (Phi) is 13.2. The lowest BCUT2D eigenvalue weighted by Gasteiger charge is -2.25. The minimum Gasteiger partial charge on any atom is -0.507 e. The lowest BCUT2D eigenvalue weighted by Crippen LogP contribution is -2.30. The van der Waals surface area contributed by atoms with Gasteiger partial charge in [0.25, 0.3) is 11.7 Å². The Balaban J connectivity index is 1.53. The third kappa shape index (κ3) is 9.30. The molecule has 1 saturated heterocycles. The molecule has 1 fully saturated rings. The number of nitrogens with zero attached hydrogens (tertiary/aromatic N) is 1. The van der Waals surface area contributed by atoms with E-state index in [1.54, 1.807) is 35.2 Å². The van der Waals surface area contributed by atoms with Gasteiger partial charge in [-0.15, -0.1) is 0 Å². The summed E-state index contributed by atoms with van der Waals surface area (Å²) in [5.74, 6) is -1.93. The number of carbonyl (C=O) groups is 2. The van der Waals surface area contributed by atoms with Gasteiger partial charge in [0.2, 0.25) is 0 Å². The maximum Gasteiger partial charge on any atom is 0.295 e. The first-order chi connectivity index (χ1) is 18.9. The smallest absolute Gasteiger partial charge is 0.295 e. The molecule has 1 heterocycles. The molecule has 39 heavy (non-hydrogen) atoms. The number of halogens is 2. The van der Waals surface area contributed by atoms with Crippen LogP contribution < -0.4 is 0 Å². The summed E-state index contributed by atoms with van der Waals surface area (Å²) in [4.78, 5) is 27.7. The molecule has 1 aliphatic rings. The number of Topliss-reactive ketones (excluding diaryl/α,β-unsaturated/α-hetero) is 1. The number of hydrogen-bond donors (Lipinski definition) is 1. The number of aliphatic hydroxyl groups excluding tert-OH is 1. The first-order valence-electron chi connectivity index (χ1n) is 14.7. The topological polar surface area (TPSA) is 57.6 Å². The van der Waals surface area contributed by atoms with E-state index < -0.39 is 23.5 Å². The molecule has 4 nitrogen and oxygen atoms in total. The van der Waals surface area contributed by atoms with Crippen LogP contribution in [0.25, 0.3) is 5.76 Å². The van der Waals surface area contributed by atoms with Gasteiger partial charge in [-0.05, 0) is 36.2 Å². The fourth-order valence-electron chi connectivity index (χ4n) is 5.37. The summed E-state index contributed by atoms with van der Waals surface area (Å²) >= 11 is 3.39. The highest BCUT2D eigenvalue weighted by molar-refractivity contribution is 9.10. The molecule has 6 heteroatoms. The molecule has 0 aliphatic carbocycles. The summed E-state index contributed by atoms with van der Waals surface area (Å²) < 4.78 is 14.4. The average Bonchev–Trinajstić information content (AvgIpc) is 3.18. The summed E-state index contributed by atoms with van der Waals surface area (Å²) in [7, 11) is 0. The van der Waals surface area contributed by atoms with Crippen LogP contribution in [0.4, 0.5) is 4.39 Å². The molecule has 1 N–H and O–H groups in total. The SMILES string of the molecule is CCCCCCCCCCCCCCCCN1C(=O)C(=O)C(=C(O)c2cccc(Br)c2)[C@H]1c1ccc(F)cc1. The van der Waals surface area contributed by atoms with Gasteiger partial charge in [-0.1, -0.05) is 131 Å². The monoisotopic (exact) mass is 599 g/mol. The highest BCUT2D eigenvalue weighted by Crippen LogP contribution is 2.40. The molecule has 2 aromatic rings. The van der Waals surface area contributed by atoms with E-state index in [-0.39, 0.29) is 11.3 Å². The summed E-state index contributed by atoms with van der Waals surface area (Å²) in [6.45, 7) is 2.67. The van der Waals surface area contributed by atoms with Gasteiger partial charge in [-0.3, -0.25) is 9.59 Å². The zero-order valence-electron chi connectivity index (χ0n) is 23.3. The number of aliphatic hydroxyl groups is 1. The fraction of sp³-hybridized carbons (Fsp3) is 0.515. The van der Waals surface area contributed by atoms with Crippen LogP contribution in [0.2, 0.25) is 0 Å². The van der Waals surface area contributed by atoms with Crippen LogP contribution in [-0.2, 0) is 9.59 Å². The quantitative estimate of drug-likeness (QED) is 0.0852. The van der Waals surface area contributed by atoms with Crippen LogP contribution in [0.15, 0.2) is 58.6 Å². The van der Waals surface area contributed by atoms with E-state index in [9.17, 15) is 19.1 Å². The molecule has 0 aromatic heterocycles. The van der Waals surface area contributed by atoms with E-state index in [0.29, 0.717) is 17.7 Å². The molecule has 0 saturated carbocycles. The van der Waals surface area contributed by atoms with E-state index in [4.69, 9.17) is 0 Å². The normalized spacial score (nSPS) is 16.8. The summed E-state index contributed by atoms with van der Waals surface area (Å²) in [5, 5.41) is 11.1. The molecule has 0 spiro atoms. The van der Waals surface area contributed by atoms with Gasteiger partial charge >= 0.3 is 0 Å². The van der Waals surface area contributed by atoms with Crippen LogP contribution in [0.1, 0.15) is 114 Å². The van der Waals surface area contributed by atoms with Crippen molar-refractivity contribution in [3.63, 3.8) is 0 Å². The molecule has 2 aromatic carbocycles. The van der Waals surface area contributed by atoms with E-state index in [1.807, 2.05) is 6.07 Å². The summed E-state index contributed by atoms with van der Waals surface area (Å²) in [5.41, 5.74) is 1.11. The Morgan fingerprint density at radius 1 is 0.821 bits per heavy atom. The minimum absolute atomic E-state index is 0.0510. The van der Waals surface area contributed by atoms with Gasteiger partial charge in [-0.25, -0.2) is 4.39 Å². The Hall–Kier alpha value is -2.47. The van der Waals surface area contributed by atoms with Crippen LogP contribution in [0.3, 0.4) is 0 Å². The van der Waals surface area contributed by atoms with E-state index in [0.717, 1.165) is 23.7 Å². The highest BCUT2D eigenvalue weighted by atomic mass is 79.9. The lowest BCUT2D eigenvalue weighted by atomic mass is 9.95. The zero-order chi connectivity index (χ0) is 28.0. The van der Waals surface area contributed by atoms with Crippen LogP contribution >= 0.6 is 15.9 Å². The Bertz CT molecular complexity index is 1100. The molecule has 0 radical (unpaired) electrons. The van der Waals surface area contributed by atoms with Crippen molar-refractivity contribution >= 4 is 33.4 Å². The molecular weight excluding hydrogens is 557 g/mol. The number of amides is 1. The van der Waals surface area contributed by atoms with E-state index >= 15 is 0 Å². The van der Waals surface area contributed by atoms with Gasteiger partial charge in [0.15, 0.2) is 0 Å². The van der Waals surface area contributed by atoms with Crippen LogP contribution in [0, 0.1) is 5.82 Å². The second kappa shape index (κ2) is 16.6. The van der Waals surface area contributed by atoms with Gasteiger partial charge < -0.3 is 10.0 Å². The molecule has 212 valence electrons. The zero-order valence-corrected chi connectivity index (χ0v) is 24.9. The Morgan fingerprint density at radius 3 is 1.90 bits per heavy atom. The second-order valence-electron chi connectivity index (χ2n) is 10.7. The Labute approximate surface area is 241 Å². The van der Waals surface area contributed by atoms with Crippen molar-refractivity contribution < 1.29 is 19.1 Å². The first-order valence-corrected chi connectivity index (χ1v) is 15.5. The van der Waals surface area contributed by atoms with Gasteiger partial charge in [-0.2, -0.15) is 0 Å². The first kappa shape index (κ1) is 31.1. The maximum absolute atomic E-state index is 13.7. The number of hydrogen-bond acceptors (Lipinski definition) is 3. The number of benzene rings is 2. The molecule has 1 amide bonds. The van der Waals surface area contributed by atoms with Crippen molar-refractivity contribution in [1.29, 1.82) is 0 Å². The second-order valence-corrected chi connectivity index (χ2v) is 11.6. The largest absolute Gasteiger partial charge is 0.507 e. The minimum atomic E-state index is -0.744. The molecule has 0 bridgehead atoms. The highest BCUT2D eigenvalue weighted by Gasteiger charge is 2.45. The van der Waals surface area contributed by atoms with Gasteiger partial charge in [0.1, 0.15) is 11.6 Å². The van der Waals surface area contributed by atoms with Crippen molar-refractivity contribution in [2.24, 2.45) is 0 Å². The third-order valence-corrected chi connectivity index (χ3v) is 8.07. The van der Waals surface area contributed by atoms with Crippen molar-refractivity contribution in [1.82, 2.24) is 4.90 Å². The maximum atomic E-state index is 13.7. The van der Waals surface area contributed by atoms with Crippen molar-refractivity contribution in [3.8, 4) is 0 Å². The number of carbonyl (C=O) groups excluding carboxylic acids is 2. The standard InChI is InChI=1S/C33H43BrFNO3/c1-2-3-4-5-6-7-8-9-10-11-12-13-14-15-23-36-30(25-19-21-28(35)22-20-25)29(32(38)33(36)39)31(37)26-17-16-18-27(34)24-26/h16-22,24,30,37H,2-15,23H2,1H3/t30-/m1/s1. The van der Waals surface area contributed by atoms with Gasteiger partial charge in [0.05, 0.1) is 11.6 Å². The Morgan fingerprint density at radius 2 is 1.36 bits per heavy atom. The number of rotatable bonds is 17. The molecular formula is C33H43BrFNO3. The molecule has 1 atom stereocenters. The predicted molar refractivity (Wildman–Crippen MR) is 160 cm³/mol. The van der Waals surface area contributed by atoms with Crippen molar-refractivity contribution in [3.05, 3.63) is 75.5 Å². The lowest BCUT2D eigenvalue weighted by molar-refractivity contribution is -0.139. The summed E-state index contributed by atoms with van der Waals surface area (Å²) in [6, 6.07) is 12.0.